The van der Waals surface area contributed by atoms with Gasteiger partial charge in [0.2, 0.25) is 0 Å². The Morgan fingerprint density at radius 3 is 2.71 bits per heavy atom. The highest BCUT2D eigenvalue weighted by Gasteiger charge is 2.16. The molecule has 0 radical (unpaired) electrons. The summed E-state index contributed by atoms with van der Waals surface area (Å²) in [4.78, 5) is 22.8. The second kappa shape index (κ2) is 4.91. The molecule has 0 atom stereocenters. The first kappa shape index (κ1) is 10.9. The van der Waals surface area contributed by atoms with Crippen LogP contribution in [0.1, 0.15) is 34.3 Å². The van der Waals surface area contributed by atoms with E-state index in [4.69, 9.17) is 5.11 Å². The van der Waals surface area contributed by atoms with Crippen molar-refractivity contribution >= 4 is 23.1 Å². The number of rotatable bonds is 5. The first-order valence-electron chi connectivity index (χ1n) is 4.51. The van der Waals surface area contributed by atoms with E-state index in [1.165, 1.54) is 11.3 Å². The lowest BCUT2D eigenvalue weighted by molar-refractivity contribution is -0.131. The molecule has 0 saturated heterocycles. The van der Waals surface area contributed by atoms with E-state index < -0.39 is 11.8 Å². The van der Waals surface area contributed by atoms with Crippen molar-refractivity contribution in [2.45, 2.75) is 26.2 Å². The molecule has 0 bridgehead atoms. The van der Waals surface area contributed by atoms with Crippen LogP contribution in [0.3, 0.4) is 0 Å². The Kier molecular flexibility index (Phi) is 3.83. The summed E-state index contributed by atoms with van der Waals surface area (Å²) >= 11 is 1.28. The molecule has 1 N–H and O–H groups in total. The number of carboxylic acid groups (broad SMARTS) is 1. The molecule has 0 spiro atoms. The van der Waals surface area contributed by atoms with Crippen molar-refractivity contribution in [2.75, 3.05) is 0 Å². The molecular formula is C10H12O3S. The maximum Gasteiger partial charge on any atom is 0.378 e. The first-order valence-corrected chi connectivity index (χ1v) is 5.33. The van der Waals surface area contributed by atoms with Crippen LogP contribution in [0, 0.1) is 0 Å². The zero-order valence-electron chi connectivity index (χ0n) is 7.95. The normalized spacial score (nSPS) is 10.1. The number of unbranched alkanes of at least 4 members (excludes halogenated alkanes) is 1. The van der Waals surface area contributed by atoms with Crippen LogP contribution in [-0.2, 0) is 11.2 Å². The fourth-order valence-corrected chi connectivity index (χ4v) is 2.07. The molecule has 1 heterocycles. The van der Waals surface area contributed by atoms with Crippen LogP contribution in [0.2, 0.25) is 0 Å². The van der Waals surface area contributed by atoms with Gasteiger partial charge in [0.1, 0.15) is 0 Å². The minimum absolute atomic E-state index is 0.323. The van der Waals surface area contributed by atoms with E-state index in [2.05, 4.69) is 6.92 Å². The van der Waals surface area contributed by atoms with Gasteiger partial charge in [-0.05, 0) is 25.0 Å². The van der Waals surface area contributed by atoms with Crippen molar-refractivity contribution in [1.82, 2.24) is 0 Å². The summed E-state index contributed by atoms with van der Waals surface area (Å²) in [5.74, 6) is -2.19. The first-order chi connectivity index (χ1) is 6.65. The molecular weight excluding hydrogens is 200 g/mol. The minimum atomic E-state index is -1.38. The molecule has 14 heavy (non-hydrogen) atoms. The highest BCUT2D eigenvalue weighted by atomic mass is 32.1. The Bertz CT molecular complexity index is 341. The van der Waals surface area contributed by atoms with Crippen LogP contribution >= 0.6 is 11.3 Å². The summed E-state index contributed by atoms with van der Waals surface area (Å²) in [6.07, 6.45) is 3.09. The molecule has 0 unspecified atom stereocenters. The summed E-state index contributed by atoms with van der Waals surface area (Å²) in [5, 5.41) is 8.48. The number of carbonyl (C=O) groups is 2. The standard InChI is InChI=1S/C10H12O3S/c1-2-3-4-7-5-6-8(14-7)9(11)10(12)13/h5-6H,2-4H2,1H3,(H,12,13). The van der Waals surface area contributed by atoms with E-state index in [1.54, 1.807) is 6.07 Å². The maximum atomic E-state index is 11.0. The Labute approximate surface area is 86.4 Å². The Morgan fingerprint density at radius 2 is 2.14 bits per heavy atom. The second-order valence-electron chi connectivity index (χ2n) is 3.00. The molecule has 4 heteroatoms. The van der Waals surface area contributed by atoms with Crippen molar-refractivity contribution in [3.05, 3.63) is 21.9 Å². The zero-order chi connectivity index (χ0) is 10.6. The number of aliphatic carboxylic acids is 1. The lowest BCUT2D eigenvalue weighted by atomic mass is 10.2. The van der Waals surface area contributed by atoms with Gasteiger partial charge in [-0.3, -0.25) is 4.79 Å². The van der Waals surface area contributed by atoms with Crippen molar-refractivity contribution in [3.8, 4) is 0 Å². The Morgan fingerprint density at radius 1 is 1.43 bits per heavy atom. The van der Waals surface area contributed by atoms with E-state index in [9.17, 15) is 9.59 Å². The zero-order valence-corrected chi connectivity index (χ0v) is 8.76. The van der Waals surface area contributed by atoms with Crippen LogP contribution in [0.25, 0.3) is 0 Å². The molecule has 0 aliphatic carbocycles. The third kappa shape index (κ3) is 2.67. The molecule has 0 fully saturated rings. The lowest BCUT2D eigenvalue weighted by Crippen LogP contribution is -2.10. The number of carbonyl (C=O) groups excluding carboxylic acids is 1. The molecule has 76 valence electrons. The average molecular weight is 212 g/mol. The van der Waals surface area contributed by atoms with E-state index >= 15 is 0 Å². The summed E-state index contributed by atoms with van der Waals surface area (Å²) in [6.45, 7) is 2.09. The smallest absolute Gasteiger partial charge is 0.378 e. The third-order valence-corrected chi connectivity index (χ3v) is 3.00. The van der Waals surface area contributed by atoms with Crippen molar-refractivity contribution in [1.29, 1.82) is 0 Å². The van der Waals surface area contributed by atoms with Gasteiger partial charge in [0.15, 0.2) is 0 Å². The lowest BCUT2D eigenvalue weighted by Gasteiger charge is -1.92. The van der Waals surface area contributed by atoms with Gasteiger partial charge in [-0.15, -0.1) is 11.3 Å². The van der Waals surface area contributed by atoms with Crippen LogP contribution in [0.4, 0.5) is 0 Å². The quantitative estimate of drug-likeness (QED) is 0.602. The molecule has 1 rings (SSSR count). The van der Waals surface area contributed by atoms with Gasteiger partial charge in [-0.1, -0.05) is 13.3 Å². The maximum absolute atomic E-state index is 11.0. The highest BCUT2D eigenvalue weighted by Crippen LogP contribution is 2.19. The van der Waals surface area contributed by atoms with Gasteiger partial charge in [-0.25, -0.2) is 4.79 Å². The molecule has 0 amide bonds. The van der Waals surface area contributed by atoms with Gasteiger partial charge in [0.05, 0.1) is 4.88 Å². The van der Waals surface area contributed by atoms with Gasteiger partial charge in [0, 0.05) is 4.88 Å². The molecule has 0 aromatic carbocycles. The number of carboxylic acids is 1. The average Bonchev–Trinajstić information content (AvgIpc) is 2.61. The Balaban J connectivity index is 2.68. The van der Waals surface area contributed by atoms with Crippen LogP contribution in [-0.4, -0.2) is 16.9 Å². The minimum Gasteiger partial charge on any atom is -0.475 e. The number of thiophene rings is 1. The fraction of sp³-hybridized carbons (Fsp3) is 0.400. The number of hydrogen-bond donors (Lipinski definition) is 1. The van der Waals surface area contributed by atoms with Crippen molar-refractivity contribution in [2.24, 2.45) is 0 Å². The molecule has 1 aromatic heterocycles. The number of Topliss-reactive ketones (excluding diaryl/α,β-unsaturated/α-hetero) is 1. The monoisotopic (exact) mass is 212 g/mol. The number of aryl methyl sites for hydroxylation is 1. The Hall–Kier alpha value is -1.16. The largest absolute Gasteiger partial charge is 0.475 e. The van der Waals surface area contributed by atoms with Crippen molar-refractivity contribution in [3.63, 3.8) is 0 Å². The predicted octanol–water partition coefficient (Wildman–Crippen LogP) is 2.36. The van der Waals surface area contributed by atoms with Crippen LogP contribution in [0.5, 0.6) is 0 Å². The number of hydrogen-bond acceptors (Lipinski definition) is 3. The second-order valence-corrected chi connectivity index (χ2v) is 4.17. The SMILES string of the molecule is CCCCc1ccc(C(=O)C(=O)O)s1. The van der Waals surface area contributed by atoms with Crippen molar-refractivity contribution < 1.29 is 14.7 Å². The van der Waals surface area contributed by atoms with Crippen LogP contribution < -0.4 is 0 Å². The van der Waals surface area contributed by atoms with Crippen LogP contribution in [0.15, 0.2) is 12.1 Å². The van der Waals surface area contributed by atoms with Gasteiger partial charge < -0.3 is 5.11 Å². The predicted molar refractivity (Wildman–Crippen MR) is 54.9 cm³/mol. The van der Waals surface area contributed by atoms with E-state index in [1.807, 2.05) is 6.07 Å². The summed E-state index contributed by atoms with van der Waals surface area (Å²) in [7, 11) is 0. The van der Waals surface area contributed by atoms with Gasteiger partial charge in [0.25, 0.3) is 5.78 Å². The van der Waals surface area contributed by atoms with E-state index in [0.717, 1.165) is 24.1 Å². The summed E-state index contributed by atoms with van der Waals surface area (Å²) in [6, 6.07) is 3.42. The third-order valence-electron chi connectivity index (χ3n) is 1.86. The summed E-state index contributed by atoms with van der Waals surface area (Å²) < 4.78 is 0. The molecule has 0 aliphatic heterocycles. The van der Waals surface area contributed by atoms with E-state index in [-0.39, 0.29) is 0 Å². The fourth-order valence-electron chi connectivity index (χ4n) is 1.09. The highest BCUT2D eigenvalue weighted by molar-refractivity contribution is 7.14. The van der Waals surface area contributed by atoms with E-state index in [0.29, 0.717) is 4.88 Å². The molecule has 3 nitrogen and oxygen atoms in total. The summed E-state index contributed by atoms with van der Waals surface area (Å²) in [5.41, 5.74) is 0. The molecule has 1 aromatic rings. The molecule has 0 saturated carbocycles. The number of ketones is 1. The van der Waals surface area contributed by atoms with Gasteiger partial charge in [-0.2, -0.15) is 0 Å². The van der Waals surface area contributed by atoms with Gasteiger partial charge >= 0.3 is 5.97 Å². The topological polar surface area (TPSA) is 54.4 Å². The molecule has 0 aliphatic rings.